The van der Waals surface area contributed by atoms with Crippen LogP contribution in [-0.2, 0) is 14.4 Å². The van der Waals surface area contributed by atoms with Gasteiger partial charge in [0.05, 0.1) is 10.2 Å². The summed E-state index contributed by atoms with van der Waals surface area (Å²) in [5.74, 6) is -1.48. The summed E-state index contributed by atoms with van der Waals surface area (Å²) in [6.07, 6.45) is 4.35. The lowest BCUT2D eigenvalue weighted by Gasteiger charge is -2.14. The molecule has 0 atom stereocenters. The number of hydrogen-bond donors (Lipinski definition) is 1. The van der Waals surface area contributed by atoms with Gasteiger partial charge in [-0.05, 0) is 57.9 Å². The number of para-hydroxylation sites is 1. The maximum Gasteiger partial charge on any atom is 0.336 e. The molecule has 0 aliphatic carbocycles. The van der Waals surface area contributed by atoms with Gasteiger partial charge in [-0.1, -0.05) is 64.5 Å². The van der Waals surface area contributed by atoms with E-state index < -0.39 is 17.8 Å². The van der Waals surface area contributed by atoms with Crippen LogP contribution in [0.5, 0.6) is 5.75 Å². The Hall–Kier alpha value is -3.49. The Balaban J connectivity index is 1.63. The van der Waals surface area contributed by atoms with Crippen molar-refractivity contribution < 1.29 is 19.1 Å². The van der Waals surface area contributed by atoms with Gasteiger partial charge >= 0.3 is 5.97 Å². The van der Waals surface area contributed by atoms with E-state index in [4.69, 9.17) is 4.74 Å². The third-order valence-corrected chi connectivity index (χ3v) is 5.70. The Morgan fingerprint density at radius 2 is 1.61 bits per heavy atom. The predicted octanol–water partition coefficient (Wildman–Crippen LogP) is 5.29. The number of benzene rings is 3. The molecule has 2 amide bonds. The Kier molecular flexibility index (Phi) is 6.86. The minimum Gasteiger partial charge on any atom is -0.422 e. The molecule has 33 heavy (non-hydrogen) atoms. The lowest BCUT2D eigenvalue weighted by atomic mass is 10.1. The van der Waals surface area contributed by atoms with Crippen molar-refractivity contribution in [2.75, 3.05) is 5.01 Å². The first-order chi connectivity index (χ1) is 15.9. The number of rotatable bonds is 5. The number of esters is 1. The summed E-state index contributed by atoms with van der Waals surface area (Å²) < 4.78 is 6.71. The highest BCUT2D eigenvalue weighted by Crippen LogP contribution is 2.35. The van der Waals surface area contributed by atoms with Crippen molar-refractivity contribution in [2.45, 2.75) is 0 Å². The molecule has 1 aliphatic heterocycles. The van der Waals surface area contributed by atoms with Crippen molar-refractivity contribution in [3.8, 4) is 5.75 Å². The molecule has 3 aromatic rings. The molecule has 1 N–H and O–H groups in total. The molecule has 164 valence electrons. The van der Waals surface area contributed by atoms with Crippen molar-refractivity contribution in [2.24, 2.45) is 0 Å². The lowest BCUT2D eigenvalue weighted by Crippen LogP contribution is -2.35. The summed E-state index contributed by atoms with van der Waals surface area (Å²) in [6.45, 7) is 0. The third-order valence-electron chi connectivity index (χ3n) is 4.66. The molecular weight excluding hydrogens is 552 g/mol. The first kappa shape index (κ1) is 22.7. The molecule has 3 aromatic carbocycles. The van der Waals surface area contributed by atoms with E-state index in [1.165, 1.54) is 17.2 Å². The van der Waals surface area contributed by atoms with Gasteiger partial charge in [-0.15, -0.1) is 0 Å². The van der Waals surface area contributed by atoms with E-state index in [0.717, 1.165) is 5.56 Å². The van der Waals surface area contributed by atoms with Crippen molar-refractivity contribution in [3.63, 3.8) is 0 Å². The van der Waals surface area contributed by atoms with Crippen LogP contribution in [-0.4, -0.2) is 17.8 Å². The molecule has 0 spiro atoms. The molecule has 0 unspecified atom stereocenters. The number of carbonyl (C=O) groups excluding carboxylic acids is 3. The molecule has 1 saturated heterocycles. The zero-order chi connectivity index (χ0) is 23.4. The summed E-state index contributed by atoms with van der Waals surface area (Å²) in [7, 11) is 0. The van der Waals surface area contributed by atoms with E-state index in [1.54, 1.807) is 42.5 Å². The smallest absolute Gasteiger partial charge is 0.336 e. The summed E-state index contributed by atoms with van der Waals surface area (Å²) >= 11 is 6.79. The van der Waals surface area contributed by atoms with E-state index in [-0.39, 0.29) is 11.3 Å². The molecule has 1 heterocycles. The number of amides is 2. The number of hydrogen-bond acceptors (Lipinski definition) is 4. The predicted molar refractivity (Wildman–Crippen MR) is 133 cm³/mol. The monoisotopic (exact) mass is 566 g/mol. The fourth-order valence-electron chi connectivity index (χ4n) is 3.13. The summed E-state index contributed by atoms with van der Waals surface area (Å²) in [5.41, 5.74) is 4.23. The normalized spacial score (nSPS) is 14.7. The molecule has 8 heteroatoms. The fourth-order valence-corrected chi connectivity index (χ4v) is 4.47. The number of nitrogens with zero attached hydrogens (tertiary/aromatic N) is 1. The first-order valence-electron chi connectivity index (χ1n) is 9.78. The Bertz CT molecular complexity index is 1290. The van der Waals surface area contributed by atoms with Crippen LogP contribution >= 0.6 is 31.9 Å². The van der Waals surface area contributed by atoms with Crippen LogP contribution in [0.2, 0.25) is 0 Å². The second kappa shape index (κ2) is 9.97. The molecule has 0 aromatic heterocycles. The zero-order valence-corrected chi connectivity index (χ0v) is 20.2. The number of carbonyl (C=O) groups is 3. The highest BCUT2D eigenvalue weighted by Gasteiger charge is 2.34. The van der Waals surface area contributed by atoms with Crippen LogP contribution in [0.4, 0.5) is 5.69 Å². The van der Waals surface area contributed by atoms with E-state index in [9.17, 15) is 14.4 Å². The van der Waals surface area contributed by atoms with Crippen LogP contribution in [0.1, 0.15) is 11.1 Å². The molecule has 1 fully saturated rings. The number of hydrazine groups is 1. The van der Waals surface area contributed by atoms with Crippen LogP contribution < -0.4 is 15.2 Å². The number of nitrogens with one attached hydrogen (secondary N) is 1. The fraction of sp³-hybridized carbons (Fsp3) is 0. The average Bonchev–Trinajstić information content (AvgIpc) is 3.09. The maximum absolute atomic E-state index is 12.9. The quantitative estimate of drug-likeness (QED) is 0.197. The maximum atomic E-state index is 12.9. The highest BCUT2D eigenvalue weighted by atomic mass is 79.9. The van der Waals surface area contributed by atoms with Crippen molar-refractivity contribution in [1.82, 2.24) is 5.43 Å². The van der Waals surface area contributed by atoms with E-state index in [2.05, 4.69) is 37.3 Å². The Morgan fingerprint density at radius 1 is 0.939 bits per heavy atom. The van der Waals surface area contributed by atoms with Gasteiger partial charge in [-0.25, -0.2) is 9.80 Å². The molecule has 0 bridgehead atoms. The Morgan fingerprint density at radius 3 is 2.30 bits per heavy atom. The van der Waals surface area contributed by atoms with Gasteiger partial charge in [-0.3, -0.25) is 15.0 Å². The van der Waals surface area contributed by atoms with Crippen LogP contribution in [0.25, 0.3) is 12.2 Å². The highest BCUT2D eigenvalue weighted by molar-refractivity contribution is 9.11. The van der Waals surface area contributed by atoms with Gasteiger partial charge in [0.1, 0.15) is 5.57 Å². The van der Waals surface area contributed by atoms with Gasteiger partial charge in [0.2, 0.25) is 0 Å². The largest absolute Gasteiger partial charge is 0.422 e. The molecule has 1 aliphatic rings. The lowest BCUT2D eigenvalue weighted by molar-refractivity contribution is -0.129. The average molecular weight is 568 g/mol. The first-order valence-corrected chi connectivity index (χ1v) is 11.4. The number of anilines is 1. The van der Waals surface area contributed by atoms with Gasteiger partial charge in [0.25, 0.3) is 11.8 Å². The van der Waals surface area contributed by atoms with E-state index in [1.807, 2.05) is 36.4 Å². The van der Waals surface area contributed by atoms with Crippen LogP contribution in [0, 0.1) is 0 Å². The number of halogens is 2. The minimum absolute atomic E-state index is 0.0824. The van der Waals surface area contributed by atoms with Crippen molar-refractivity contribution in [1.29, 1.82) is 0 Å². The van der Waals surface area contributed by atoms with Crippen LogP contribution in [0.15, 0.2) is 93.4 Å². The van der Waals surface area contributed by atoms with Crippen molar-refractivity contribution in [3.05, 3.63) is 105 Å². The minimum atomic E-state index is -0.602. The molecule has 0 radical (unpaired) electrons. The third kappa shape index (κ3) is 5.30. The second-order valence-electron chi connectivity index (χ2n) is 6.95. The SMILES string of the molecule is O=C(/C=C/c1ccccc1)Oc1c(Br)cc(Br)cc1/C=C1\C(=O)NN(c2ccccc2)C1=O. The van der Waals surface area contributed by atoms with Crippen LogP contribution in [0.3, 0.4) is 0 Å². The number of ether oxygens (including phenoxy) is 1. The summed E-state index contributed by atoms with van der Waals surface area (Å²) in [5, 5.41) is 1.18. The molecule has 4 rings (SSSR count). The Labute approximate surface area is 206 Å². The standard InChI is InChI=1S/C25H16Br2N2O4/c26-18-13-17(14-20-24(31)28-29(25(20)32)19-9-5-2-6-10-19)23(21(27)15-18)33-22(30)12-11-16-7-3-1-4-8-16/h1-15H,(H,28,31)/b12-11+,20-14+. The summed E-state index contributed by atoms with van der Waals surface area (Å²) in [6, 6.07) is 21.5. The zero-order valence-electron chi connectivity index (χ0n) is 17.0. The molecule has 0 saturated carbocycles. The van der Waals surface area contributed by atoms with Gasteiger partial charge in [0.15, 0.2) is 5.75 Å². The molecule has 6 nitrogen and oxygen atoms in total. The second-order valence-corrected chi connectivity index (χ2v) is 8.72. The topological polar surface area (TPSA) is 75.7 Å². The van der Waals surface area contributed by atoms with E-state index >= 15 is 0 Å². The van der Waals surface area contributed by atoms with Gasteiger partial charge < -0.3 is 4.74 Å². The van der Waals surface area contributed by atoms with Crippen molar-refractivity contribution >= 4 is 67.5 Å². The van der Waals surface area contributed by atoms with E-state index in [0.29, 0.717) is 20.2 Å². The summed E-state index contributed by atoms with van der Waals surface area (Å²) in [4.78, 5) is 37.9. The van der Waals surface area contributed by atoms with Gasteiger partial charge in [-0.2, -0.15) is 0 Å². The molecular formula is C25H16Br2N2O4. The van der Waals surface area contributed by atoms with Gasteiger partial charge in [0, 0.05) is 16.1 Å².